The van der Waals surface area contributed by atoms with Gasteiger partial charge in [-0.15, -0.1) is 0 Å². The van der Waals surface area contributed by atoms with Crippen molar-refractivity contribution in [1.29, 1.82) is 0 Å². The fraction of sp³-hybridized carbons (Fsp3) is 0.122. The molecule has 0 spiro atoms. The Kier molecular flexibility index (Phi) is 10.5. The molecule has 0 unspecified atom stereocenters. The van der Waals surface area contributed by atoms with E-state index in [4.69, 9.17) is 4.74 Å². The van der Waals surface area contributed by atoms with Crippen LogP contribution in [-0.2, 0) is 22.7 Å². The third-order valence-electron chi connectivity index (χ3n) is 10.9. The maximum atomic E-state index is 14.3. The molecule has 0 aliphatic carbocycles. The van der Waals surface area contributed by atoms with Gasteiger partial charge in [-0.1, -0.05) is 6.08 Å². The summed E-state index contributed by atoms with van der Waals surface area (Å²) in [6.07, 6.45) is 7.64. The summed E-state index contributed by atoms with van der Waals surface area (Å²) >= 11 is 1.64. The quantitative estimate of drug-likeness (QED) is 0.101. The van der Waals surface area contributed by atoms with Crippen molar-refractivity contribution >= 4 is 63.7 Å². The number of benzene rings is 5. The summed E-state index contributed by atoms with van der Waals surface area (Å²) in [5.41, 5.74) is 4.36. The van der Waals surface area contributed by atoms with Crippen LogP contribution in [0.2, 0.25) is 0 Å². The van der Waals surface area contributed by atoms with Crippen LogP contribution in [0, 0.1) is 16.2 Å². The zero-order valence-corrected chi connectivity index (χ0v) is 35.7. The van der Waals surface area contributed by atoms with Crippen molar-refractivity contribution in [1.82, 2.24) is 9.80 Å². The number of hydrogen-bond acceptors (Lipinski definition) is 5. The first-order valence-corrected chi connectivity index (χ1v) is 21.8. The average molecular weight is 955 g/mol. The first-order valence-electron chi connectivity index (χ1n) is 18.7. The number of allylic oxidation sites excluding steroid dienone is 5. The zero-order chi connectivity index (χ0) is 40.7. The molecule has 0 radical (unpaired) electrons. The number of carbonyl (C=O) groups is 4. The van der Waals surface area contributed by atoms with E-state index in [1.165, 1.54) is 14.1 Å². The fourth-order valence-corrected chi connectivity index (χ4v) is 13.9. The molecule has 5 aromatic carbocycles. The van der Waals surface area contributed by atoms with Crippen molar-refractivity contribution in [2.24, 2.45) is 0 Å². The molecule has 0 aromatic heterocycles. The first kappa shape index (κ1) is 38.8. The van der Waals surface area contributed by atoms with Crippen molar-refractivity contribution in [3.05, 3.63) is 177 Å². The van der Waals surface area contributed by atoms with E-state index >= 15 is 0 Å². The Balaban J connectivity index is 1.53. The van der Waals surface area contributed by atoms with Gasteiger partial charge < -0.3 is 0 Å². The molecular weight excluding hydrogens is 918 g/mol. The molecule has 285 valence electrons. The Morgan fingerprint density at radius 1 is 0.690 bits per heavy atom. The van der Waals surface area contributed by atoms with Crippen LogP contribution in [0.3, 0.4) is 0 Å². The number of hydrogen-bond donors (Lipinski definition) is 0. The average Bonchev–Trinajstić information content (AvgIpc) is 3.72. The molecule has 1 fully saturated rings. The summed E-state index contributed by atoms with van der Waals surface area (Å²) in [6, 6.07) is 34.6. The van der Waals surface area contributed by atoms with Gasteiger partial charge in [0.15, 0.2) is 0 Å². The molecule has 58 heavy (non-hydrogen) atoms. The molecule has 0 bridgehead atoms. The van der Waals surface area contributed by atoms with Gasteiger partial charge in [0.2, 0.25) is 0 Å². The predicted molar refractivity (Wildman–Crippen MR) is 227 cm³/mol. The molecule has 0 atom stereocenters. The predicted octanol–water partition coefficient (Wildman–Crippen LogP) is 7.33. The Bertz CT molecular complexity index is 2740. The van der Waals surface area contributed by atoms with Crippen LogP contribution >= 0.6 is 7.26 Å². The Labute approximate surface area is 347 Å². The second-order valence-electron chi connectivity index (χ2n) is 14.1. The number of rotatable bonds is 6. The van der Waals surface area contributed by atoms with Gasteiger partial charge in [0, 0.05) is 0 Å². The van der Waals surface area contributed by atoms with Gasteiger partial charge in [0.05, 0.1) is 0 Å². The van der Waals surface area contributed by atoms with Crippen LogP contribution in [0.5, 0.6) is 0 Å². The normalized spacial score (nSPS) is 17.0. The summed E-state index contributed by atoms with van der Waals surface area (Å²) in [6.45, 7) is 4.67. The van der Waals surface area contributed by atoms with Crippen molar-refractivity contribution in [3.63, 3.8) is 0 Å². The second-order valence-corrected chi connectivity index (χ2v) is 18.1. The molecule has 5 aromatic rings. The third kappa shape index (κ3) is 6.12. The minimum atomic E-state index is -2.72. The van der Waals surface area contributed by atoms with Gasteiger partial charge in [-0.05, 0) is 6.92 Å². The van der Waals surface area contributed by atoms with Gasteiger partial charge in [-0.2, -0.15) is 0 Å². The SMILES string of the molecule is CC=C1COCC1=CC(C#Cc1cc2c3c(c(/C=C/C)cc4c3c1C(=O)N(C)C4=O)C(=O)N(C)C2=O)=C([C]#[Os])[P+](c1ccccc1)(c1ccccc1)c1ccccc1. The fourth-order valence-electron chi connectivity index (χ4n) is 8.15. The second kappa shape index (κ2) is 15.7. The standard InChI is InChI=1S/C49H37N2O5P.Os/c1-6-17-34-27-40-45-43(49(55)51(5)46(40)52)35(28-41-44(45)42(34)48(54)50(4)47(41)53)25-24-33(26-36-30-56-29-32(36)7-2)31(3)57(37-18-11-8-12-19-37,38-20-13-9-14-21-38)39-22-15-10-16-23-39;/h6-23,26-28H,29-30H2,1-2,4-5H3;/q+1;/b17-6+,32-7?,33-31?,36-26?;. The van der Waals surface area contributed by atoms with E-state index in [-0.39, 0.29) is 33.2 Å². The van der Waals surface area contributed by atoms with Crippen molar-refractivity contribution in [3.8, 4) is 16.2 Å². The van der Waals surface area contributed by atoms with Gasteiger partial charge in [-0.3, -0.25) is 0 Å². The topological polar surface area (TPSA) is 84.0 Å². The molecule has 3 aliphatic heterocycles. The van der Waals surface area contributed by atoms with E-state index in [0.717, 1.165) is 42.2 Å². The van der Waals surface area contributed by atoms with Crippen LogP contribution in [0.1, 0.15) is 66.4 Å². The summed E-state index contributed by atoms with van der Waals surface area (Å²) in [5, 5.41) is 4.80. The van der Waals surface area contributed by atoms with Gasteiger partial charge in [-0.25, -0.2) is 0 Å². The molecule has 3 aliphatic rings. The van der Waals surface area contributed by atoms with Crippen LogP contribution in [0.25, 0.3) is 16.8 Å². The van der Waals surface area contributed by atoms with Crippen LogP contribution < -0.4 is 15.9 Å². The Morgan fingerprint density at radius 3 is 1.71 bits per heavy atom. The number of ether oxygens (including phenoxy) is 1. The molecule has 9 heteroatoms. The number of imide groups is 2. The molecule has 1 saturated heterocycles. The van der Waals surface area contributed by atoms with Crippen LogP contribution in [-0.4, -0.2) is 60.7 Å². The van der Waals surface area contributed by atoms with E-state index < -0.39 is 30.9 Å². The molecule has 3 heterocycles. The summed E-state index contributed by atoms with van der Waals surface area (Å²) in [7, 11) is 0.166. The number of nitrogens with zero attached hydrogens (tertiary/aromatic N) is 2. The maximum absolute atomic E-state index is 14.3. The third-order valence-corrected chi connectivity index (χ3v) is 16.3. The summed E-state index contributed by atoms with van der Waals surface area (Å²) < 4.78 is 9.63. The van der Waals surface area contributed by atoms with E-state index in [9.17, 15) is 19.2 Å². The van der Waals surface area contributed by atoms with Crippen molar-refractivity contribution in [2.75, 3.05) is 27.3 Å². The van der Waals surface area contributed by atoms with Gasteiger partial charge in [0.1, 0.15) is 0 Å². The van der Waals surface area contributed by atoms with Crippen molar-refractivity contribution < 1.29 is 41.9 Å². The molecule has 0 N–H and O–H groups in total. The number of amides is 4. The van der Waals surface area contributed by atoms with Crippen molar-refractivity contribution in [2.45, 2.75) is 13.8 Å². The first-order chi connectivity index (χ1) is 28.2. The minimum absolute atomic E-state index is 0.176. The summed E-state index contributed by atoms with van der Waals surface area (Å²) in [5.74, 6) is 4.80. The Morgan fingerprint density at radius 2 is 1.19 bits per heavy atom. The van der Waals surface area contributed by atoms with E-state index in [2.05, 4.69) is 95.1 Å². The molecule has 8 rings (SSSR count). The summed E-state index contributed by atoms with van der Waals surface area (Å²) in [4.78, 5) is 58.0. The van der Waals surface area contributed by atoms with E-state index in [1.54, 1.807) is 42.2 Å². The van der Waals surface area contributed by atoms with Gasteiger partial charge >= 0.3 is 336 Å². The molecule has 7 nitrogen and oxygen atoms in total. The van der Waals surface area contributed by atoms with E-state index in [0.29, 0.717) is 29.7 Å². The van der Waals surface area contributed by atoms with Crippen LogP contribution in [0.15, 0.2) is 143 Å². The molecule has 0 saturated carbocycles. The Hall–Kier alpha value is -6.03. The molecular formula is C49H37N2O5OsP+. The van der Waals surface area contributed by atoms with E-state index in [1.807, 2.05) is 38.1 Å². The van der Waals surface area contributed by atoms with Gasteiger partial charge in [0.25, 0.3) is 0 Å². The monoisotopic (exact) mass is 956 g/mol. The molecule has 4 amide bonds. The van der Waals surface area contributed by atoms with Crippen LogP contribution in [0.4, 0.5) is 0 Å². The zero-order valence-electron chi connectivity index (χ0n) is 32.3. The number of carbonyl (C=O) groups excluding carboxylic acids is 4.